The predicted octanol–water partition coefficient (Wildman–Crippen LogP) is 0.423. The number of aromatic nitrogens is 3. The summed E-state index contributed by atoms with van der Waals surface area (Å²) in [4.78, 5) is 17.2. The first-order valence-corrected chi connectivity index (χ1v) is 5.46. The highest BCUT2D eigenvalue weighted by atomic mass is 16.2. The maximum absolute atomic E-state index is 11.9. The number of anilines is 1. The number of nitrogens with two attached hydrogens (primary N) is 1. The molecular formula is C12H12N6O. The van der Waals surface area contributed by atoms with Crippen LogP contribution in [0.4, 0.5) is 5.69 Å². The van der Waals surface area contributed by atoms with E-state index in [0.717, 1.165) is 0 Å². The number of benzene rings is 1. The van der Waals surface area contributed by atoms with E-state index in [2.05, 4.69) is 10.1 Å². The molecule has 2 N–H and O–H groups in total. The van der Waals surface area contributed by atoms with Crippen molar-refractivity contribution in [2.24, 2.45) is 0 Å². The van der Waals surface area contributed by atoms with Gasteiger partial charge in [-0.15, -0.1) is 5.10 Å². The van der Waals surface area contributed by atoms with E-state index in [-0.39, 0.29) is 11.7 Å². The van der Waals surface area contributed by atoms with Crippen molar-refractivity contribution < 1.29 is 4.79 Å². The molecule has 19 heavy (non-hydrogen) atoms. The highest BCUT2D eigenvalue weighted by Gasteiger charge is 2.12. The zero-order valence-corrected chi connectivity index (χ0v) is 10.5. The molecule has 0 atom stereocenters. The summed E-state index contributed by atoms with van der Waals surface area (Å²) in [5, 5.41) is 12.6. The van der Waals surface area contributed by atoms with Crippen molar-refractivity contribution >= 4 is 11.6 Å². The molecule has 1 aromatic carbocycles. The fraction of sp³-hybridized carbons (Fsp3) is 0.167. The quantitative estimate of drug-likeness (QED) is 0.785. The summed E-state index contributed by atoms with van der Waals surface area (Å²) in [6.45, 7) is 0. The van der Waals surface area contributed by atoms with Crippen LogP contribution in [-0.4, -0.2) is 39.7 Å². The van der Waals surface area contributed by atoms with E-state index in [4.69, 9.17) is 11.0 Å². The van der Waals surface area contributed by atoms with Crippen LogP contribution in [-0.2, 0) is 0 Å². The number of nitrogens with zero attached hydrogens (tertiary/aromatic N) is 5. The summed E-state index contributed by atoms with van der Waals surface area (Å²) in [5.74, 6) is -0.0920. The highest BCUT2D eigenvalue weighted by Crippen LogP contribution is 2.18. The van der Waals surface area contributed by atoms with Gasteiger partial charge in [0.15, 0.2) is 0 Å². The van der Waals surface area contributed by atoms with Gasteiger partial charge in [-0.25, -0.2) is 9.67 Å². The molecular weight excluding hydrogens is 244 g/mol. The normalized spacial score (nSPS) is 9.95. The second kappa shape index (κ2) is 4.78. The van der Waals surface area contributed by atoms with Crippen LogP contribution >= 0.6 is 0 Å². The van der Waals surface area contributed by atoms with Gasteiger partial charge in [-0.3, -0.25) is 4.79 Å². The molecule has 0 radical (unpaired) electrons. The number of rotatable bonds is 2. The average Bonchev–Trinajstić information content (AvgIpc) is 2.87. The van der Waals surface area contributed by atoms with Crippen molar-refractivity contribution in [3.8, 4) is 11.8 Å². The second-order valence-corrected chi connectivity index (χ2v) is 4.10. The number of hydrogen-bond donors (Lipinski definition) is 1. The summed E-state index contributed by atoms with van der Waals surface area (Å²) in [6, 6.07) is 6.72. The van der Waals surface area contributed by atoms with Gasteiger partial charge in [-0.2, -0.15) is 5.26 Å². The Balaban J connectivity index is 2.48. The fourth-order valence-electron chi connectivity index (χ4n) is 1.56. The standard InChI is InChI=1S/C12H12N6O/c1-17(2)12(19)8-3-4-9(14)10(5-8)18-7-15-11(6-13)16-18/h3-5,7H,14H2,1-2H3. The Morgan fingerprint density at radius 2 is 2.21 bits per heavy atom. The number of carbonyl (C=O) groups excluding carboxylic acids is 1. The number of nitriles is 1. The summed E-state index contributed by atoms with van der Waals surface area (Å²) in [5.41, 5.74) is 7.31. The number of carbonyl (C=O) groups is 1. The molecule has 7 heteroatoms. The van der Waals surface area contributed by atoms with E-state index < -0.39 is 0 Å². The molecule has 0 saturated heterocycles. The lowest BCUT2D eigenvalue weighted by Crippen LogP contribution is -2.22. The fourth-order valence-corrected chi connectivity index (χ4v) is 1.56. The van der Waals surface area contributed by atoms with Crippen LogP contribution in [0.15, 0.2) is 24.5 Å². The Morgan fingerprint density at radius 1 is 1.47 bits per heavy atom. The number of hydrogen-bond acceptors (Lipinski definition) is 5. The minimum absolute atomic E-state index is 0.0451. The van der Waals surface area contributed by atoms with Crippen LogP contribution in [0.3, 0.4) is 0 Å². The third-order valence-corrected chi connectivity index (χ3v) is 2.52. The molecule has 2 aromatic rings. The molecule has 0 fully saturated rings. The van der Waals surface area contributed by atoms with Crippen molar-refractivity contribution in [2.45, 2.75) is 0 Å². The van der Waals surface area contributed by atoms with Gasteiger partial charge in [-0.05, 0) is 18.2 Å². The molecule has 0 saturated carbocycles. The van der Waals surface area contributed by atoms with E-state index in [9.17, 15) is 4.79 Å². The Labute approximate surface area is 109 Å². The molecule has 0 aliphatic heterocycles. The topological polar surface area (TPSA) is 101 Å². The van der Waals surface area contributed by atoms with Crippen molar-refractivity contribution in [3.05, 3.63) is 35.9 Å². The molecule has 1 aromatic heterocycles. The number of amides is 1. The third kappa shape index (κ3) is 2.37. The van der Waals surface area contributed by atoms with Crippen molar-refractivity contribution in [1.29, 1.82) is 5.26 Å². The monoisotopic (exact) mass is 256 g/mol. The van der Waals surface area contributed by atoms with Gasteiger partial charge in [-0.1, -0.05) is 0 Å². The van der Waals surface area contributed by atoms with Crippen LogP contribution in [0.5, 0.6) is 0 Å². The number of nitrogen functional groups attached to an aromatic ring is 1. The zero-order chi connectivity index (χ0) is 14.0. The molecule has 0 aliphatic carbocycles. The molecule has 1 heterocycles. The minimum Gasteiger partial charge on any atom is -0.397 e. The summed E-state index contributed by atoms with van der Waals surface area (Å²) >= 11 is 0. The molecule has 0 spiro atoms. The van der Waals surface area contributed by atoms with E-state index in [1.54, 1.807) is 32.3 Å². The van der Waals surface area contributed by atoms with Gasteiger partial charge in [0.1, 0.15) is 12.4 Å². The van der Waals surface area contributed by atoms with Gasteiger partial charge in [0.05, 0.1) is 11.4 Å². The summed E-state index contributed by atoms with van der Waals surface area (Å²) < 4.78 is 1.38. The first kappa shape index (κ1) is 12.6. The molecule has 96 valence electrons. The van der Waals surface area contributed by atoms with Gasteiger partial charge in [0, 0.05) is 19.7 Å². The first-order valence-electron chi connectivity index (χ1n) is 5.46. The molecule has 0 aliphatic rings. The van der Waals surface area contributed by atoms with Gasteiger partial charge in [0.25, 0.3) is 11.7 Å². The van der Waals surface area contributed by atoms with Crippen molar-refractivity contribution in [1.82, 2.24) is 19.7 Å². The van der Waals surface area contributed by atoms with Crippen molar-refractivity contribution in [2.75, 3.05) is 19.8 Å². The Bertz CT molecular complexity index is 667. The second-order valence-electron chi connectivity index (χ2n) is 4.10. The van der Waals surface area contributed by atoms with Crippen LogP contribution in [0, 0.1) is 11.3 Å². The summed E-state index contributed by atoms with van der Waals surface area (Å²) in [7, 11) is 3.34. The SMILES string of the molecule is CN(C)C(=O)c1ccc(N)c(-n2cnc(C#N)n2)c1. The molecule has 0 bridgehead atoms. The average molecular weight is 256 g/mol. The van der Waals surface area contributed by atoms with Gasteiger partial charge >= 0.3 is 0 Å². The lowest BCUT2D eigenvalue weighted by molar-refractivity contribution is 0.0827. The third-order valence-electron chi connectivity index (χ3n) is 2.52. The molecule has 0 unspecified atom stereocenters. The highest BCUT2D eigenvalue weighted by molar-refractivity contribution is 5.95. The van der Waals surface area contributed by atoms with Gasteiger partial charge < -0.3 is 10.6 Å². The zero-order valence-electron chi connectivity index (χ0n) is 10.5. The maximum atomic E-state index is 11.9. The Morgan fingerprint density at radius 3 is 2.79 bits per heavy atom. The Kier molecular flexibility index (Phi) is 3.16. The molecule has 1 amide bonds. The van der Waals surface area contributed by atoms with E-state index in [1.165, 1.54) is 15.9 Å². The maximum Gasteiger partial charge on any atom is 0.253 e. The first-order chi connectivity index (χ1) is 9.02. The smallest absolute Gasteiger partial charge is 0.253 e. The molecule has 2 rings (SSSR count). The Hall–Kier alpha value is -2.88. The van der Waals surface area contributed by atoms with Gasteiger partial charge in [0.2, 0.25) is 0 Å². The van der Waals surface area contributed by atoms with E-state index >= 15 is 0 Å². The molecule has 7 nitrogen and oxygen atoms in total. The van der Waals surface area contributed by atoms with E-state index in [1.807, 2.05) is 6.07 Å². The lowest BCUT2D eigenvalue weighted by Gasteiger charge is -2.12. The lowest BCUT2D eigenvalue weighted by atomic mass is 10.1. The predicted molar refractivity (Wildman–Crippen MR) is 68.5 cm³/mol. The van der Waals surface area contributed by atoms with Crippen molar-refractivity contribution in [3.63, 3.8) is 0 Å². The van der Waals surface area contributed by atoms with Crippen LogP contribution in [0.2, 0.25) is 0 Å². The van der Waals surface area contributed by atoms with Crippen LogP contribution in [0.25, 0.3) is 5.69 Å². The van der Waals surface area contributed by atoms with E-state index in [0.29, 0.717) is 16.9 Å². The largest absolute Gasteiger partial charge is 0.397 e. The van der Waals surface area contributed by atoms with Crippen LogP contribution in [0.1, 0.15) is 16.2 Å². The minimum atomic E-state index is -0.137. The summed E-state index contributed by atoms with van der Waals surface area (Å²) in [6.07, 6.45) is 1.38. The van der Waals surface area contributed by atoms with Crippen LogP contribution < -0.4 is 5.73 Å².